The number of hydrogen-bond acceptors (Lipinski definition) is 4. The predicted molar refractivity (Wildman–Crippen MR) is 88.2 cm³/mol. The van der Waals surface area contributed by atoms with Gasteiger partial charge in [0, 0.05) is 32.0 Å². The fourth-order valence-corrected chi connectivity index (χ4v) is 2.24. The zero-order valence-electron chi connectivity index (χ0n) is 13.7. The number of carbonyl (C=O) groups is 2. The van der Waals surface area contributed by atoms with Crippen molar-refractivity contribution in [3.8, 4) is 5.75 Å². The van der Waals surface area contributed by atoms with Crippen LogP contribution in [0.4, 0.5) is 0 Å². The van der Waals surface area contributed by atoms with E-state index in [1.165, 1.54) is 0 Å². The van der Waals surface area contributed by atoms with Gasteiger partial charge in [0.15, 0.2) is 0 Å². The van der Waals surface area contributed by atoms with Crippen molar-refractivity contribution in [3.63, 3.8) is 0 Å². The maximum atomic E-state index is 11.8. The van der Waals surface area contributed by atoms with Crippen LogP contribution < -0.4 is 15.4 Å². The number of aliphatic hydroxyl groups excluding tert-OH is 1. The zero-order valence-corrected chi connectivity index (χ0v) is 13.7. The van der Waals surface area contributed by atoms with Crippen molar-refractivity contribution >= 4 is 11.8 Å². The Labute approximate surface area is 140 Å². The number of rotatable bonds is 6. The molecule has 0 fully saturated rings. The van der Waals surface area contributed by atoms with E-state index in [1.807, 2.05) is 6.07 Å². The molecule has 1 unspecified atom stereocenters. The number of aliphatic hydroxyl groups is 1. The molecule has 0 aliphatic heterocycles. The maximum absolute atomic E-state index is 11.8. The highest BCUT2D eigenvalue weighted by Crippen LogP contribution is 2.12. The highest BCUT2D eigenvalue weighted by atomic mass is 16.5. The van der Waals surface area contributed by atoms with Crippen molar-refractivity contribution in [1.29, 1.82) is 0 Å². The molecule has 24 heavy (non-hydrogen) atoms. The van der Waals surface area contributed by atoms with E-state index in [1.54, 1.807) is 55.3 Å². The van der Waals surface area contributed by atoms with Gasteiger partial charge in [-0.15, -0.1) is 0 Å². The predicted octanol–water partition coefficient (Wildman–Crippen LogP) is 0.500. The van der Waals surface area contributed by atoms with Gasteiger partial charge in [0.05, 0.1) is 7.11 Å². The van der Waals surface area contributed by atoms with Crippen LogP contribution in [-0.2, 0) is 23.2 Å². The quantitative estimate of drug-likeness (QED) is 0.672. The van der Waals surface area contributed by atoms with E-state index >= 15 is 0 Å². The molecule has 0 radical (unpaired) electrons. The number of amides is 2. The van der Waals surface area contributed by atoms with Crippen LogP contribution in [0.3, 0.4) is 0 Å². The Kier molecular flexibility index (Phi) is 5.97. The van der Waals surface area contributed by atoms with Crippen molar-refractivity contribution in [2.75, 3.05) is 13.7 Å². The summed E-state index contributed by atoms with van der Waals surface area (Å²) in [7, 11) is 3.35. The first-order valence-corrected chi connectivity index (χ1v) is 7.49. The monoisotopic (exact) mass is 331 g/mol. The lowest BCUT2D eigenvalue weighted by Gasteiger charge is -2.13. The summed E-state index contributed by atoms with van der Waals surface area (Å²) in [5.41, 5.74) is 1.48. The van der Waals surface area contributed by atoms with E-state index in [4.69, 9.17) is 4.74 Å². The van der Waals surface area contributed by atoms with Gasteiger partial charge in [-0.05, 0) is 29.8 Å². The van der Waals surface area contributed by atoms with Crippen molar-refractivity contribution in [2.45, 2.75) is 12.6 Å². The summed E-state index contributed by atoms with van der Waals surface area (Å²) in [5, 5.41) is 14.9. The molecular formula is C17H21N3O4. The van der Waals surface area contributed by atoms with Crippen LogP contribution in [0.25, 0.3) is 0 Å². The smallest absolute Gasteiger partial charge is 0.309 e. The summed E-state index contributed by atoms with van der Waals surface area (Å²) in [6.45, 7) is 0.174. The average Bonchev–Trinajstić information content (AvgIpc) is 3.03. The highest BCUT2D eigenvalue weighted by molar-refractivity contribution is 6.35. The number of hydrogen-bond donors (Lipinski definition) is 3. The summed E-state index contributed by atoms with van der Waals surface area (Å²) in [5.74, 6) is -0.861. The van der Waals surface area contributed by atoms with Gasteiger partial charge in [0.1, 0.15) is 11.9 Å². The molecule has 7 heteroatoms. The van der Waals surface area contributed by atoms with Crippen LogP contribution in [-0.4, -0.2) is 35.1 Å². The number of nitrogens with zero attached hydrogens (tertiary/aromatic N) is 1. The van der Waals surface area contributed by atoms with Gasteiger partial charge in [0.2, 0.25) is 0 Å². The van der Waals surface area contributed by atoms with Crippen LogP contribution in [0.5, 0.6) is 5.75 Å². The number of aromatic nitrogens is 1. The summed E-state index contributed by atoms with van der Waals surface area (Å²) in [6.07, 6.45) is 0.918. The van der Waals surface area contributed by atoms with Crippen molar-refractivity contribution < 1.29 is 19.4 Å². The molecule has 1 aromatic heterocycles. The van der Waals surface area contributed by atoms with Crippen LogP contribution >= 0.6 is 0 Å². The molecule has 1 atom stereocenters. The molecular weight excluding hydrogens is 310 g/mol. The number of methoxy groups -OCH3 is 1. The Morgan fingerprint density at radius 2 is 1.96 bits per heavy atom. The summed E-state index contributed by atoms with van der Waals surface area (Å²) >= 11 is 0. The SMILES string of the molecule is COc1cccc(CNC(=O)C(=O)NCC(O)c2cccn2C)c1. The largest absolute Gasteiger partial charge is 0.497 e. The molecule has 1 aromatic carbocycles. The second-order valence-corrected chi connectivity index (χ2v) is 5.30. The van der Waals surface area contributed by atoms with E-state index in [9.17, 15) is 14.7 Å². The molecule has 0 aliphatic carbocycles. The number of aryl methyl sites for hydroxylation is 1. The van der Waals surface area contributed by atoms with Crippen molar-refractivity contribution in [3.05, 3.63) is 53.9 Å². The molecule has 0 saturated carbocycles. The molecule has 3 N–H and O–H groups in total. The Hall–Kier alpha value is -2.80. The third-order valence-corrected chi connectivity index (χ3v) is 3.57. The maximum Gasteiger partial charge on any atom is 0.309 e. The molecule has 128 valence electrons. The van der Waals surface area contributed by atoms with Gasteiger partial charge in [-0.2, -0.15) is 0 Å². The molecule has 0 bridgehead atoms. The lowest BCUT2D eigenvalue weighted by molar-refractivity contribution is -0.139. The van der Waals surface area contributed by atoms with E-state index < -0.39 is 17.9 Å². The van der Waals surface area contributed by atoms with E-state index in [0.29, 0.717) is 11.4 Å². The zero-order chi connectivity index (χ0) is 17.5. The van der Waals surface area contributed by atoms with E-state index in [-0.39, 0.29) is 13.1 Å². The number of carbonyl (C=O) groups excluding carboxylic acids is 2. The van der Waals surface area contributed by atoms with Gasteiger partial charge in [-0.1, -0.05) is 12.1 Å². The first-order valence-electron chi connectivity index (χ1n) is 7.49. The topological polar surface area (TPSA) is 92.6 Å². The standard InChI is InChI=1S/C17H21N3O4/c1-20-8-4-7-14(20)15(21)11-19-17(23)16(22)18-10-12-5-3-6-13(9-12)24-2/h3-9,15,21H,10-11H2,1-2H3,(H,18,22)(H,19,23). The van der Waals surface area contributed by atoms with Crippen molar-refractivity contribution in [2.24, 2.45) is 7.05 Å². The lowest BCUT2D eigenvalue weighted by atomic mass is 10.2. The first-order chi connectivity index (χ1) is 11.5. The number of benzene rings is 1. The summed E-state index contributed by atoms with van der Waals surface area (Å²) in [4.78, 5) is 23.6. The van der Waals surface area contributed by atoms with Crippen LogP contribution in [0.2, 0.25) is 0 Å². The van der Waals surface area contributed by atoms with Gasteiger partial charge >= 0.3 is 11.8 Å². The van der Waals surface area contributed by atoms with Gasteiger partial charge in [-0.3, -0.25) is 9.59 Å². The molecule has 2 amide bonds. The molecule has 0 saturated heterocycles. The van der Waals surface area contributed by atoms with Crippen LogP contribution in [0.1, 0.15) is 17.4 Å². The average molecular weight is 331 g/mol. The van der Waals surface area contributed by atoms with Crippen molar-refractivity contribution in [1.82, 2.24) is 15.2 Å². The van der Waals surface area contributed by atoms with E-state index in [0.717, 1.165) is 5.56 Å². The Bertz CT molecular complexity index is 711. The Balaban J connectivity index is 1.79. The van der Waals surface area contributed by atoms with Gasteiger partial charge in [-0.25, -0.2) is 0 Å². The minimum Gasteiger partial charge on any atom is -0.497 e. The van der Waals surface area contributed by atoms with Gasteiger partial charge < -0.3 is 25.0 Å². The second kappa shape index (κ2) is 8.16. The molecule has 0 aliphatic rings. The van der Waals surface area contributed by atoms with Crippen LogP contribution in [0, 0.1) is 0 Å². The molecule has 2 rings (SSSR count). The third-order valence-electron chi connectivity index (χ3n) is 3.57. The normalized spacial score (nSPS) is 11.6. The first kappa shape index (κ1) is 17.6. The molecule has 2 aromatic rings. The fraction of sp³-hybridized carbons (Fsp3) is 0.294. The Morgan fingerprint density at radius 3 is 2.62 bits per heavy atom. The molecule has 7 nitrogen and oxygen atoms in total. The molecule has 0 spiro atoms. The lowest BCUT2D eigenvalue weighted by Crippen LogP contribution is -2.41. The summed E-state index contributed by atoms with van der Waals surface area (Å²) in [6, 6.07) is 10.7. The third kappa shape index (κ3) is 4.60. The van der Waals surface area contributed by atoms with E-state index in [2.05, 4.69) is 10.6 Å². The fourth-order valence-electron chi connectivity index (χ4n) is 2.24. The minimum absolute atomic E-state index is 0.0384. The van der Waals surface area contributed by atoms with Crippen LogP contribution in [0.15, 0.2) is 42.6 Å². The number of nitrogens with one attached hydrogen (secondary N) is 2. The minimum atomic E-state index is -0.875. The second-order valence-electron chi connectivity index (χ2n) is 5.30. The molecule has 1 heterocycles. The van der Waals surface area contributed by atoms with Gasteiger partial charge in [0.25, 0.3) is 0 Å². The number of ether oxygens (including phenoxy) is 1. The highest BCUT2D eigenvalue weighted by Gasteiger charge is 2.16. The Morgan fingerprint density at radius 1 is 1.21 bits per heavy atom. The summed E-state index contributed by atoms with van der Waals surface area (Å²) < 4.78 is 6.85.